The van der Waals surface area contributed by atoms with Crippen molar-refractivity contribution in [3.63, 3.8) is 0 Å². The van der Waals surface area contributed by atoms with E-state index < -0.39 is 235 Å². The summed E-state index contributed by atoms with van der Waals surface area (Å²) in [6.45, 7) is 10.4. The van der Waals surface area contributed by atoms with Gasteiger partial charge in [0.2, 0.25) is 88.6 Å². The Hall–Kier alpha value is -13.1. The smallest absolute Gasteiger partial charge is 0.326 e. The second-order valence-corrected chi connectivity index (χ2v) is 31.7. The number of hydrogen-bond donors (Lipinski definition) is 25. The summed E-state index contributed by atoms with van der Waals surface area (Å²) < 4.78 is 0. The normalized spacial score (nSPS) is 15.1. The number of unbranched alkanes of at least 4 members (excludes halogenated alkanes) is 1. The largest absolute Gasteiger partial charge is 0.508 e. The van der Waals surface area contributed by atoms with Gasteiger partial charge in [0.1, 0.15) is 78.3 Å². The summed E-state index contributed by atoms with van der Waals surface area (Å²) in [6, 6.07) is 11.7. The number of aromatic amines is 1. The number of primary amides is 1. The second-order valence-electron chi connectivity index (χ2n) is 31.7. The van der Waals surface area contributed by atoms with Crippen LogP contribution in [0.25, 0.3) is 10.9 Å². The maximum atomic E-state index is 14.9. The van der Waals surface area contributed by atoms with Crippen LogP contribution in [-0.4, -0.2) is 243 Å². The van der Waals surface area contributed by atoms with Gasteiger partial charge in [0, 0.05) is 55.7 Å². The predicted octanol–water partition coefficient (Wildman–Crippen LogP) is -3.20. The molecule has 700 valence electrons. The summed E-state index contributed by atoms with van der Waals surface area (Å²) in [5, 5.41) is 88.7. The van der Waals surface area contributed by atoms with Gasteiger partial charge >= 0.3 is 5.97 Å². The van der Waals surface area contributed by atoms with Gasteiger partial charge in [0.25, 0.3) is 0 Å². The Bertz CT molecular complexity index is 4560. The Morgan fingerprint density at radius 2 is 0.773 bits per heavy atom. The molecule has 128 heavy (non-hydrogen) atoms. The maximum absolute atomic E-state index is 14.9. The van der Waals surface area contributed by atoms with Gasteiger partial charge in [-0.2, -0.15) is 0 Å². The topological polar surface area (TPSA) is 678 Å². The number of aliphatic hydroxyl groups is 2. The Morgan fingerprint density at radius 3 is 1.25 bits per heavy atom. The fourth-order valence-corrected chi connectivity index (χ4v) is 13.6. The maximum Gasteiger partial charge on any atom is 0.326 e. The van der Waals surface area contributed by atoms with Crippen molar-refractivity contribution >= 4 is 111 Å². The number of carboxylic acids is 1. The zero-order chi connectivity index (χ0) is 94.9. The molecule has 0 saturated carbocycles. The summed E-state index contributed by atoms with van der Waals surface area (Å²) in [5.74, 6) is -18.2. The van der Waals surface area contributed by atoms with Crippen molar-refractivity contribution < 1.29 is 97.1 Å². The number of nitrogens with one attached hydrogen (secondary N) is 17. The molecular weight excluding hydrogens is 1660 g/mol. The van der Waals surface area contributed by atoms with Crippen LogP contribution in [0.5, 0.6) is 5.75 Å². The van der Waals surface area contributed by atoms with E-state index in [-0.39, 0.29) is 83.0 Å². The molecule has 0 bridgehead atoms. The first-order chi connectivity index (χ1) is 60.8. The highest BCUT2D eigenvalue weighted by Crippen LogP contribution is 2.22. The number of carboxylic acid groups (broad SMARTS) is 1. The van der Waals surface area contributed by atoms with Crippen LogP contribution in [0.1, 0.15) is 142 Å². The molecule has 0 radical (unpaired) electrons. The number of amides is 15. The molecule has 0 spiro atoms. The molecule has 0 saturated heterocycles. The molecule has 0 fully saturated rings. The van der Waals surface area contributed by atoms with Crippen LogP contribution in [0, 0.1) is 23.2 Å². The molecule has 0 aliphatic rings. The number of phenols is 1. The van der Waals surface area contributed by atoms with Gasteiger partial charge in [0.15, 0.2) is 5.96 Å². The SMILES string of the molecule is CC[C@H](C)[C@H](NC(=O)[C@H](Cc1c[nH]c2ccccc12)NC(=O)CNC(=O)CNC(=O)[C@H](Cc1ccc(O)cc1)NC(=O)[C@H](Cc1ccccc1)NC(=O)[C@H](Cc1ccccc1)NC(=O)CN)C(=O)N[C@H](C(=O)N[C@@H](CCCNC(=N)N)C(=O)N[C@H](C(=O)N[C@H](C(=O)N[C@@H](CCC(N)=O)C(=O)N[C@H](C(=O)N[C@@H](CCCCN)C(=O)O)[C@@H](C)O)[C@@H](C)CC)[C@@H](C)CC)[C@@H](C)O. The van der Waals surface area contributed by atoms with Crippen molar-refractivity contribution in [2.45, 2.75) is 230 Å². The van der Waals surface area contributed by atoms with Crippen molar-refractivity contribution in [3.05, 3.63) is 138 Å². The number of carbonyl (C=O) groups excluding carboxylic acids is 15. The zero-order valence-electron chi connectivity index (χ0n) is 73.3. The first-order valence-corrected chi connectivity index (χ1v) is 42.7. The average molecular weight is 1790 g/mol. The van der Waals surface area contributed by atoms with Crippen molar-refractivity contribution in [2.24, 2.45) is 40.7 Å². The molecule has 0 aliphatic carbocycles. The van der Waals surface area contributed by atoms with Crippen LogP contribution in [0.15, 0.2) is 115 Å². The molecule has 5 aromatic rings. The van der Waals surface area contributed by atoms with Crippen molar-refractivity contribution in [2.75, 3.05) is 32.7 Å². The highest BCUT2D eigenvalue weighted by molar-refractivity contribution is 6.01. The van der Waals surface area contributed by atoms with E-state index in [1.807, 2.05) is 0 Å². The molecule has 29 N–H and O–H groups in total. The Labute approximate surface area is 742 Å². The van der Waals surface area contributed by atoms with Gasteiger partial charge in [-0.15, -0.1) is 0 Å². The third-order valence-corrected chi connectivity index (χ3v) is 21.7. The van der Waals surface area contributed by atoms with E-state index in [2.05, 4.69) is 84.7 Å². The Kier molecular flexibility index (Phi) is 44.5. The van der Waals surface area contributed by atoms with Crippen LogP contribution in [-0.2, 0) is 102 Å². The van der Waals surface area contributed by atoms with Gasteiger partial charge in [-0.25, -0.2) is 4.79 Å². The second kappa shape index (κ2) is 54.0. The minimum atomic E-state index is -1.89. The predicted molar refractivity (Wildman–Crippen MR) is 472 cm³/mol. The number of phenolic OH excluding ortho intramolecular Hbond substituents is 1. The third kappa shape index (κ3) is 35.3. The van der Waals surface area contributed by atoms with Gasteiger partial charge in [-0.1, -0.05) is 152 Å². The van der Waals surface area contributed by atoms with Crippen LogP contribution in [0.4, 0.5) is 0 Å². The van der Waals surface area contributed by atoms with Crippen LogP contribution < -0.4 is 103 Å². The molecule has 0 unspecified atom stereocenters. The van der Waals surface area contributed by atoms with E-state index in [0.717, 1.165) is 13.8 Å². The summed E-state index contributed by atoms with van der Waals surface area (Å²) >= 11 is 0. The Morgan fingerprint density at radius 1 is 0.391 bits per heavy atom. The van der Waals surface area contributed by atoms with Gasteiger partial charge in [-0.05, 0) is 117 Å². The third-order valence-electron chi connectivity index (χ3n) is 21.7. The fraction of sp³-hybridized carbons (Fsp3) is 0.506. The number of para-hydroxylation sites is 1. The fourth-order valence-electron chi connectivity index (χ4n) is 13.6. The number of hydrogen-bond acceptors (Lipinski definition) is 22. The first-order valence-electron chi connectivity index (χ1n) is 42.7. The summed E-state index contributed by atoms with van der Waals surface area (Å²) in [7, 11) is 0. The van der Waals surface area contributed by atoms with E-state index >= 15 is 0 Å². The molecule has 41 heteroatoms. The number of fused-ring (bicyclic) bond motifs is 1. The molecule has 1 aromatic heterocycles. The van der Waals surface area contributed by atoms with Crippen molar-refractivity contribution in [1.29, 1.82) is 5.41 Å². The monoisotopic (exact) mass is 1790 g/mol. The van der Waals surface area contributed by atoms with Crippen LogP contribution in [0.2, 0.25) is 0 Å². The molecule has 4 aromatic carbocycles. The molecule has 1 heterocycles. The number of aliphatic carboxylic acids is 1. The van der Waals surface area contributed by atoms with E-state index in [1.54, 1.807) is 133 Å². The summed E-state index contributed by atoms with van der Waals surface area (Å²) in [5.41, 5.74) is 25.1. The number of nitrogens with two attached hydrogens (primary N) is 4. The molecule has 15 amide bonds. The van der Waals surface area contributed by atoms with Gasteiger partial charge in [-0.3, -0.25) is 77.3 Å². The number of aliphatic hydroxyl groups excluding tert-OH is 2. The lowest BCUT2D eigenvalue weighted by atomic mass is 9.94. The zero-order valence-corrected chi connectivity index (χ0v) is 73.3. The molecule has 41 nitrogen and oxygen atoms in total. The summed E-state index contributed by atoms with van der Waals surface area (Å²) in [4.78, 5) is 227. The lowest BCUT2D eigenvalue weighted by Gasteiger charge is -2.32. The highest BCUT2D eigenvalue weighted by atomic mass is 16.4. The minimum Gasteiger partial charge on any atom is -0.508 e. The molecular formula is C87H127N21O20. The summed E-state index contributed by atoms with van der Waals surface area (Å²) in [6.07, 6.45) is -2.09. The number of aromatic hydroxyl groups is 1. The standard InChI is InChI=1S/C87H127N21O20/c1-9-47(4)70(81(122)100-60(35-36-66(90)112)77(118)107-73(50(7)109)85(126)101-61(86(127)128)29-20-21-37-88)106-82(123)71(48(5)10-2)104-76(117)59(30-22-38-93-87(91)92)99-84(125)74(51(8)110)108-83(124)72(49(6)11-3)105-80(121)65(42-55-44-94-58-28-19-18-27-57(55)58)98-69(115)46-95-68(114)45-96-75(116)62(41-54-31-33-56(111)34-32-54)102-79(120)64(40-53-25-16-13-17-26-53)103-78(119)63(97-67(113)43-89)39-52-23-14-12-15-24-52/h12-19,23-28,31-34,44,47-51,59-65,70-74,94,109-111H,9-11,20-22,29-30,35-43,45-46,88-89H2,1-8H3,(H2,90,112)(H,95,114)(H,96,116)(H,97,113)(H,98,115)(H,99,125)(H,100,122)(H,101,126)(H,102,120)(H,103,119)(H,104,117)(H,105,121)(H,106,123)(H,107,118)(H,108,124)(H,127,128)(H4,91,92,93)/t47-,48-,49-,50+,51+,59-,60-,61-,62-,63-,64-,65-,70-,71-,72-,73-,74-/m0/s1. The number of guanidine groups is 1. The average Bonchev–Trinajstić information content (AvgIpc) is 1.65. The van der Waals surface area contributed by atoms with Crippen LogP contribution in [0.3, 0.4) is 0 Å². The first kappa shape index (κ1) is 105. The van der Waals surface area contributed by atoms with Crippen molar-refractivity contribution in [3.8, 4) is 5.75 Å². The lowest BCUT2D eigenvalue weighted by Crippen LogP contribution is -2.63. The van der Waals surface area contributed by atoms with E-state index in [0.29, 0.717) is 46.0 Å². The number of H-pyrrole nitrogens is 1. The number of rotatable bonds is 56. The highest BCUT2D eigenvalue weighted by Gasteiger charge is 2.41. The van der Waals surface area contributed by atoms with Gasteiger partial charge < -0.3 is 128 Å². The molecule has 17 atom stereocenters. The van der Waals surface area contributed by atoms with Crippen molar-refractivity contribution in [1.82, 2.24) is 84.7 Å². The lowest BCUT2D eigenvalue weighted by molar-refractivity contribution is -0.143. The Balaban J connectivity index is 1.35. The number of carbonyl (C=O) groups is 16. The van der Waals surface area contributed by atoms with E-state index in [9.17, 15) is 97.1 Å². The quantitative estimate of drug-likeness (QED) is 0.0104. The minimum absolute atomic E-state index is 0.0168. The van der Waals surface area contributed by atoms with E-state index in [1.165, 1.54) is 24.3 Å². The van der Waals surface area contributed by atoms with Crippen LogP contribution >= 0.6 is 0 Å². The number of benzene rings is 4. The van der Waals surface area contributed by atoms with Gasteiger partial charge in [0.05, 0.1) is 31.8 Å². The molecule has 0 aliphatic heterocycles. The number of aromatic nitrogens is 1. The molecule has 5 rings (SSSR count). The van der Waals surface area contributed by atoms with E-state index in [4.69, 9.17) is 28.3 Å².